The molecule has 1 aliphatic rings. The molecule has 0 spiro atoms. The molecule has 150 valence electrons. The van der Waals surface area contributed by atoms with Gasteiger partial charge in [0, 0.05) is 17.6 Å². The first-order valence-electron chi connectivity index (χ1n) is 9.14. The Kier molecular flexibility index (Phi) is 5.13. The van der Waals surface area contributed by atoms with Crippen molar-refractivity contribution in [1.29, 1.82) is 0 Å². The van der Waals surface area contributed by atoms with Crippen LogP contribution in [0.3, 0.4) is 0 Å². The summed E-state index contributed by atoms with van der Waals surface area (Å²) in [6.45, 7) is -0.532. The Morgan fingerprint density at radius 1 is 1.00 bits per heavy atom. The van der Waals surface area contributed by atoms with Crippen LogP contribution in [0.4, 0.5) is 14.9 Å². The molecular weight excluding hydrogens is 387 g/mol. The molecule has 1 aromatic heterocycles. The van der Waals surface area contributed by atoms with Crippen LogP contribution < -0.4 is 10.6 Å². The molecule has 1 fully saturated rings. The molecule has 0 bridgehead atoms. The number of aromatic nitrogens is 1. The highest BCUT2D eigenvalue weighted by Crippen LogP contribution is 2.18. The van der Waals surface area contributed by atoms with Crippen LogP contribution in [-0.4, -0.2) is 33.9 Å². The zero-order valence-corrected chi connectivity index (χ0v) is 15.7. The van der Waals surface area contributed by atoms with Crippen LogP contribution in [-0.2, 0) is 9.59 Å². The quantitative estimate of drug-likeness (QED) is 0.506. The monoisotopic (exact) mass is 404 g/mol. The zero-order valence-electron chi connectivity index (χ0n) is 15.7. The van der Waals surface area contributed by atoms with Gasteiger partial charge in [-0.1, -0.05) is 30.3 Å². The standard InChI is InChI=1S/C22H17FN4O3/c23-17-10-4-5-11-18(17)24-20(28)14-27-21(29)19(25-22(27)30)13-16-9-6-12-26(16)15-7-2-1-3-8-15/h1-13H,14H2,(H,24,28)(H,25,30)/b19-13+. The maximum atomic E-state index is 13.7. The lowest BCUT2D eigenvalue weighted by molar-refractivity contribution is -0.127. The van der Waals surface area contributed by atoms with Gasteiger partial charge in [-0.15, -0.1) is 0 Å². The second kappa shape index (κ2) is 8.04. The maximum Gasteiger partial charge on any atom is 0.329 e. The normalized spacial score (nSPS) is 14.8. The molecule has 30 heavy (non-hydrogen) atoms. The van der Waals surface area contributed by atoms with E-state index in [0.29, 0.717) is 5.69 Å². The number of hydrogen-bond acceptors (Lipinski definition) is 3. The molecule has 1 saturated heterocycles. The van der Waals surface area contributed by atoms with Gasteiger partial charge in [0.2, 0.25) is 5.91 Å². The van der Waals surface area contributed by atoms with Crippen molar-refractivity contribution in [1.82, 2.24) is 14.8 Å². The lowest BCUT2D eigenvalue weighted by atomic mass is 10.2. The Balaban J connectivity index is 1.50. The number of rotatable bonds is 5. The third kappa shape index (κ3) is 3.83. The average Bonchev–Trinajstić information content (AvgIpc) is 3.31. The van der Waals surface area contributed by atoms with E-state index >= 15 is 0 Å². The van der Waals surface area contributed by atoms with Crippen LogP contribution >= 0.6 is 0 Å². The molecule has 4 amide bonds. The molecular formula is C22H17FN4O3. The number of carbonyl (C=O) groups is 3. The van der Waals surface area contributed by atoms with Gasteiger partial charge in [0.15, 0.2) is 0 Å². The van der Waals surface area contributed by atoms with Crippen molar-refractivity contribution in [2.24, 2.45) is 0 Å². The van der Waals surface area contributed by atoms with Gasteiger partial charge in [-0.3, -0.25) is 9.59 Å². The van der Waals surface area contributed by atoms with Crippen LogP contribution in [0, 0.1) is 5.82 Å². The number of benzene rings is 2. The van der Waals surface area contributed by atoms with E-state index in [-0.39, 0.29) is 11.4 Å². The third-order valence-electron chi connectivity index (χ3n) is 4.52. The van der Waals surface area contributed by atoms with Gasteiger partial charge < -0.3 is 15.2 Å². The van der Waals surface area contributed by atoms with E-state index in [1.165, 1.54) is 18.2 Å². The third-order valence-corrected chi connectivity index (χ3v) is 4.52. The van der Waals surface area contributed by atoms with Crippen molar-refractivity contribution in [3.63, 3.8) is 0 Å². The van der Waals surface area contributed by atoms with Gasteiger partial charge in [-0.05, 0) is 42.5 Å². The topological polar surface area (TPSA) is 83.4 Å². The average molecular weight is 404 g/mol. The summed E-state index contributed by atoms with van der Waals surface area (Å²) in [7, 11) is 0. The van der Waals surface area contributed by atoms with E-state index in [1.54, 1.807) is 18.2 Å². The lowest BCUT2D eigenvalue weighted by Crippen LogP contribution is -2.38. The number of anilines is 1. The molecule has 7 nitrogen and oxygen atoms in total. The number of halogens is 1. The SMILES string of the molecule is O=C(CN1C(=O)N/C(=C/c2cccn2-c2ccccc2)C1=O)Nc1ccccc1F. The van der Waals surface area contributed by atoms with Crippen molar-refractivity contribution in [2.75, 3.05) is 11.9 Å². The first-order chi connectivity index (χ1) is 14.5. The van der Waals surface area contributed by atoms with Crippen LogP contribution in [0.2, 0.25) is 0 Å². The summed E-state index contributed by atoms with van der Waals surface area (Å²) < 4.78 is 15.5. The molecule has 0 unspecified atom stereocenters. The highest BCUT2D eigenvalue weighted by molar-refractivity contribution is 6.15. The second-order valence-electron chi connectivity index (χ2n) is 6.55. The highest BCUT2D eigenvalue weighted by atomic mass is 19.1. The molecule has 0 radical (unpaired) electrons. The lowest BCUT2D eigenvalue weighted by Gasteiger charge is -2.12. The summed E-state index contributed by atoms with van der Waals surface area (Å²) in [4.78, 5) is 37.9. The van der Waals surface area contributed by atoms with E-state index in [4.69, 9.17) is 0 Å². The summed E-state index contributed by atoms with van der Waals surface area (Å²) >= 11 is 0. The van der Waals surface area contributed by atoms with Gasteiger partial charge in [0.05, 0.1) is 5.69 Å². The molecule has 8 heteroatoms. The molecule has 1 aliphatic heterocycles. The first-order valence-corrected chi connectivity index (χ1v) is 9.14. The maximum absolute atomic E-state index is 13.7. The molecule has 3 aromatic rings. The molecule has 2 N–H and O–H groups in total. The number of amides is 4. The summed E-state index contributed by atoms with van der Waals surface area (Å²) in [5.41, 5.74) is 1.61. The summed E-state index contributed by atoms with van der Waals surface area (Å²) in [5, 5.41) is 4.84. The predicted molar refractivity (Wildman–Crippen MR) is 109 cm³/mol. The number of nitrogens with one attached hydrogen (secondary N) is 2. The van der Waals surface area contributed by atoms with E-state index in [1.807, 2.05) is 47.2 Å². The van der Waals surface area contributed by atoms with Crippen LogP contribution in [0.15, 0.2) is 78.6 Å². The van der Waals surface area contributed by atoms with Gasteiger partial charge in [0.1, 0.15) is 18.1 Å². The van der Waals surface area contributed by atoms with Crippen molar-refractivity contribution in [2.45, 2.75) is 0 Å². The number of imide groups is 1. The summed E-state index contributed by atoms with van der Waals surface area (Å²) in [5.74, 6) is -1.92. The molecule has 4 rings (SSSR count). The van der Waals surface area contributed by atoms with E-state index < -0.39 is 30.2 Å². The largest absolute Gasteiger partial charge is 0.329 e. The van der Waals surface area contributed by atoms with Gasteiger partial charge in [-0.2, -0.15) is 0 Å². The highest BCUT2D eigenvalue weighted by Gasteiger charge is 2.35. The zero-order chi connectivity index (χ0) is 21.1. The minimum absolute atomic E-state index is 0.0222. The Morgan fingerprint density at radius 2 is 1.73 bits per heavy atom. The molecule has 0 atom stereocenters. The molecule has 0 saturated carbocycles. The van der Waals surface area contributed by atoms with Crippen LogP contribution in [0.25, 0.3) is 11.8 Å². The Labute approximate surface area is 171 Å². The first kappa shape index (κ1) is 19.1. The number of para-hydroxylation sites is 2. The Hall–Kier alpha value is -4.20. The van der Waals surface area contributed by atoms with Gasteiger partial charge in [-0.25, -0.2) is 14.1 Å². The number of hydrogen-bond donors (Lipinski definition) is 2. The fourth-order valence-electron chi connectivity index (χ4n) is 3.09. The van der Waals surface area contributed by atoms with E-state index in [2.05, 4.69) is 10.6 Å². The Bertz CT molecular complexity index is 1150. The van der Waals surface area contributed by atoms with Crippen LogP contribution in [0.1, 0.15) is 5.69 Å². The number of nitrogens with zero attached hydrogens (tertiary/aromatic N) is 2. The molecule has 2 aromatic carbocycles. The van der Waals surface area contributed by atoms with Crippen molar-refractivity contribution in [3.8, 4) is 5.69 Å². The minimum atomic E-state index is -0.715. The van der Waals surface area contributed by atoms with E-state index in [9.17, 15) is 18.8 Å². The minimum Gasteiger partial charge on any atom is -0.322 e. The van der Waals surface area contributed by atoms with Gasteiger partial charge >= 0.3 is 6.03 Å². The Morgan fingerprint density at radius 3 is 2.50 bits per heavy atom. The van der Waals surface area contributed by atoms with Crippen molar-refractivity contribution < 1.29 is 18.8 Å². The molecule has 2 heterocycles. The summed E-state index contributed by atoms with van der Waals surface area (Å²) in [6, 6.07) is 18.1. The summed E-state index contributed by atoms with van der Waals surface area (Å²) in [6.07, 6.45) is 3.38. The number of carbonyl (C=O) groups excluding carboxylic acids is 3. The van der Waals surface area contributed by atoms with Gasteiger partial charge in [0.25, 0.3) is 5.91 Å². The van der Waals surface area contributed by atoms with Crippen molar-refractivity contribution >= 4 is 29.6 Å². The van der Waals surface area contributed by atoms with Crippen molar-refractivity contribution in [3.05, 3.63) is 90.1 Å². The predicted octanol–water partition coefficient (Wildman–Crippen LogP) is 3.15. The second-order valence-corrected chi connectivity index (χ2v) is 6.55. The molecule has 0 aliphatic carbocycles. The fourth-order valence-corrected chi connectivity index (χ4v) is 3.09. The number of urea groups is 1. The van der Waals surface area contributed by atoms with E-state index in [0.717, 1.165) is 10.6 Å². The van der Waals surface area contributed by atoms with Crippen LogP contribution in [0.5, 0.6) is 0 Å². The smallest absolute Gasteiger partial charge is 0.322 e. The fraction of sp³-hybridized carbons (Fsp3) is 0.0455.